The van der Waals surface area contributed by atoms with Crippen molar-refractivity contribution in [1.82, 2.24) is 5.43 Å². The maximum absolute atomic E-state index is 13.6. The van der Waals surface area contributed by atoms with E-state index in [0.29, 0.717) is 5.75 Å². The predicted molar refractivity (Wildman–Crippen MR) is 144 cm³/mol. The fraction of sp³-hybridized carbons (Fsp3) is 0.231. The number of carbonyl (C=O) groups is 1. The summed E-state index contributed by atoms with van der Waals surface area (Å²) in [6.45, 7) is -0.541. The van der Waals surface area contributed by atoms with Crippen molar-refractivity contribution >= 4 is 39.6 Å². The normalized spacial score (nSPS) is 13.6. The molecule has 3 aromatic carbocycles. The van der Waals surface area contributed by atoms with Gasteiger partial charge in [0.25, 0.3) is 15.9 Å². The SMILES string of the molecule is COc1ccc(OC)c(N(CC(=O)N/N=C\c2cccc(OC3CSC3)c2)S(=O)(=O)c2ccccc2)c1. The summed E-state index contributed by atoms with van der Waals surface area (Å²) in [6.07, 6.45) is 1.69. The monoisotopic (exact) mass is 541 g/mol. The summed E-state index contributed by atoms with van der Waals surface area (Å²) >= 11 is 1.83. The van der Waals surface area contributed by atoms with Crippen molar-refractivity contribution in [3.05, 3.63) is 78.4 Å². The maximum atomic E-state index is 13.6. The first kappa shape index (κ1) is 26.4. The van der Waals surface area contributed by atoms with Gasteiger partial charge in [0.1, 0.15) is 29.9 Å². The Morgan fingerprint density at radius 3 is 2.49 bits per heavy atom. The Morgan fingerprint density at radius 2 is 1.81 bits per heavy atom. The number of ether oxygens (including phenoxy) is 3. The van der Waals surface area contributed by atoms with Crippen LogP contribution in [0.5, 0.6) is 17.2 Å². The van der Waals surface area contributed by atoms with Crippen LogP contribution >= 0.6 is 11.8 Å². The minimum absolute atomic E-state index is 0.0258. The number of benzene rings is 3. The smallest absolute Gasteiger partial charge is 0.264 e. The molecule has 1 saturated heterocycles. The summed E-state index contributed by atoms with van der Waals surface area (Å²) in [5.41, 5.74) is 3.30. The number of nitrogens with one attached hydrogen (secondary N) is 1. The molecular formula is C26H27N3O6S2. The number of nitrogens with zero attached hydrogens (tertiary/aromatic N) is 2. The molecule has 0 aromatic heterocycles. The number of hydrazone groups is 1. The Balaban J connectivity index is 1.55. The molecule has 4 rings (SSSR count). The van der Waals surface area contributed by atoms with Gasteiger partial charge in [-0.3, -0.25) is 9.10 Å². The van der Waals surface area contributed by atoms with Crippen LogP contribution in [-0.4, -0.2) is 58.9 Å². The van der Waals surface area contributed by atoms with Crippen LogP contribution in [0.2, 0.25) is 0 Å². The second-order valence-corrected chi connectivity index (χ2v) is 10.9. The summed E-state index contributed by atoms with van der Waals surface area (Å²) in [5, 5.41) is 4.01. The molecule has 1 aliphatic rings. The minimum atomic E-state index is -4.13. The zero-order valence-electron chi connectivity index (χ0n) is 20.4. The van der Waals surface area contributed by atoms with Gasteiger partial charge in [0.15, 0.2) is 0 Å². The largest absolute Gasteiger partial charge is 0.497 e. The van der Waals surface area contributed by atoms with E-state index in [4.69, 9.17) is 14.2 Å². The van der Waals surface area contributed by atoms with E-state index in [1.54, 1.807) is 30.3 Å². The average Bonchev–Trinajstić information content (AvgIpc) is 2.89. The van der Waals surface area contributed by atoms with E-state index >= 15 is 0 Å². The lowest BCUT2D eigenvalue weighted by atomic mass is 10.2. The second kappa shape index (κ2) is 12.0. The highest BCUT2D eigenvalue weighted by atomic mass is 32.2. The first-order valence-corrected chi connectivity index (χ1v) is 14.0. The molecule has 0 radical (unpaired) electrons. The number of hydrogen-bond donors (Lipinski definition) is 1. The summed E-state index contributed by atoms with van der Waals surface area (Å²) in [7, 11) is -1.24. The molecule has 11 heteroatoms. The Labute approximate surface area is 220 Å². The van der Waals surface area contributed by atoms with Gasteiger partial charge in [0, 0.05) is 17.6 Å². The highest BCUT2D eigenvalue weighted by Crippen LogP contribution is 2.35. The summed E-state index contributed by atoms with van der Waals surface area (Å²) in [4.78, 5) is 12.9. The van der Waals surface area contributed by atoms with Crippen molar-refractivity contribution in [3.8, 4) is 17.2 Å². The van der Waals surface area contributed by atoms with E-state index in [1.807, 2.05) is 36.0 Å². The molecule has 1 heterocycles. The van der Waals surface area contributed by atoms with Crippen molar-refractivity contribution in [1.29, 1.82) is 0 Å². The molecule has 0 atom stereocenters. The van der Waals surface area contributed by atoms with Gasteiger partial charge in [0.05, 0.1) is 31.0 Å². The molecule has 0 unspecified atom stereocenters. The van der Waals surface area contributed by atoms with Crippen molar-refractivity contribution in [2.45, 2.75) is 11.0 Å². The van der Waals surface area contributed by atoms with Crippen LogP contribution in [-0.2, 0) is 14.8 Å². The molecule has 37 heavy (non-hydrogen) atoms. The van der Waals surface area contributed by atoms with Crippen LogP contribution < -0.4 is 23.9 Å². The molecule has 0 aliphatic carbocycles. The van der Waals surface area contributed by atoms with Crippen LogP contribution in [0, 0.1) is 0 Å². The van der Waals surface area contributed by atoms with Gasteiger partial charge in [-0.25, -0.2) is 13.8 Å². The molecule has 1 fully saturated rings. The predicted octanol–water partition coefficient (Wildman–Crippen LogP) is 3.54. The molecule has 1 amide bonds. The molecule has 9 nitrogen and oxygen atoms in total. The van der Waals surface area contributed by atoms with E-state index in [2.05, 4.69) is 10.5 Å². The Kier molecular flexibility index (Phi) is 8.57. The van der Waals surface area contributed by atoms with Crippen molar-refractivity contribution in [3.63, 3.8) is 0 Å². The molecule has 0 spiro atoms. The van der Waals surface area contributed by atoms with E-state index in [0.717, 1.165) is 27.1 Å². The number of hydrogen-bond acceptors (Lipinski definition) is 8. The topological polar surface area (TPSA) is 107 Å². The summed E-state index contributed by atoms with van der Waals surface area (Å²) < 4.78 is 44.7. The Hall–Kier alpha value is -3.70. The third-order valence-corrected chi connectivity index (χ3v) is 8.43. The molecule has 1 aliphatic heterocycles. The molecule has 3 aromatic rings. The standard InChI is InChI=1S/C26H27N3O6S2/c1-33-20-11-12-25(34-2)24(14-20)29(37(31,32)23-9-4-3-5-10-23)16-26(30)28-27-15-19-7-6-8-21(13-19)35-22-17-36-18-22/h3-15,22H,16-18H2,1-2H3,(H,28,30)/b27-15-. The van der Waals surface area contributed by atoms with Gasteiger partial charge in [0.2, 0.25) is 0 Å². The number of sulfonamides is 1. The third kappa shape index (κ3) is 6.55. The van der Waals surface area contributed by atoms with Crippen LogP contribution in [0.15, 0.2) is 82.8 Å². The fourth-order valence-corrected chi connectivity index (χ4v) is 5.51. The highest BCUT2D eigenvalue weighted by Gasteiger charge is 2.30. The molecular weight excluding hydrogens is 514 g/mol. The second-order valence-electron chi connectivity index (χ2n) is 8.01. The zero-order valence-corrected chi connectivity index (χ0v) is 22.0. The van der Waals surface area contributed by atoms with E-state index in [9.17, 15) is 13.2 Å². The van der Waals surface area contributed by atoms with E-state index in [1.165, 1.54) is 38.6 Å². The van der Waals surface area contributed by atoms with Gasteiger partial charge >= 0.3 is 0 Å². The summed E-state index contributed by atoms with van der Waals surface area (Å²) in [5.74, 6) is 2.69. The van der Waals surface area contributed by atoms with Crippen molar-refractivity contribution in [2.75, 3.05) is 36.6 Å². The van der Waals surface area contributed by atoms with Gasteiger partial charge in [-0.2, -0.15) is 16.9 Å². The van der Waals surface area contributed by atoms with Gasteiger partial charge in [-0.05, 0) is 42.0 Å². The van der Waals surface area contributed by atoms with Crippen LogP contribution in [0.3, 0.4) is 0 Å². The molecule has 0 bridgehead atoms. The Morgan fingerprint density at radius 1 is 1.03 bits per heavy atom. The first-order chi connectivity index (χ1) is 17.9. The zero-order chi connectivity index (χ0) is 26.3. The number of amides is 1. The highest BCUT2D eigenvalue weighted by molar-refractivity contribution is 8.00. The van der Waals surface area contributed by atoms with Gasteiger partial charge in [-0.15, -0.1) is 0 Å². The quantitative estimate of drug-likeness (QED) is 0.292. The fourth-order valence-electron chi connectivity index (χ4n) is 3.50. The van der Waals surface area contributed by atoms with E-state index in [-0.39, 0.29) is 22.4 Å². The van der Waals surface area contributed by atoms with Gasteiger partial charge < -0.3 is 14.2 Å². The number of rotatable bonds is 11. The van der Waals surface area contributed by atoms with Crippen LogP contribution in [0.4, 0.5) is 5.69 Å². The number of methoxy groups -OCH3 is 2. The number of anilines is 1. The molecule has 0 saturated carbocycles. The van der Waals surface area contributed by atoms with Crippen molar-refractivity contribution in [2.24, 2.45) is 5.10 Å². The lowest BCUT2D eigenvalue weighted by Crippen LogP contribution is -2.39. The lowest BCUT2D eigenvalue weighted by Gasteiger charge is -2.26. The third-order valence-electron chi connectivity index (χ3n) is 5.44. The van der Waals surface area contributed by atoms with Gasteiger partial charge in [-0.1, -0.05) is 30.3 Å². The molecule has 194 valence electrons. The Bertz CT molecular complexity index is 1360. The number of thioether (sulfide) groups is 1. The number of carbonyl (C=O) groups excluding carboxylic acids is 1. The molecule has 1 N–H and O–H groups in total. The maximum Gasteiger partial charge on any atom is 0.264 e. The summed E-state index contributed by atoms with van der Waals surface area (Å²) in [6, 6.07) is 19.9. The minimum Gasteiger partial charge on any atom is -0.497 e. The van der Waals surface area contributed by atoms with Crippen molar-refractivity contribution < 1.29 is 27.4 Å². The van der Waals surface area contributed by atoms with Crippen LogP contribution in [0.1, 0.15) is 5.56 Å². The van der Waals surface area contributed by atoms with E-state index < -0.39 is 22.5 Å². The van der Waals surface area contributed by atoms with Crippen LogP contribution in [0.25, 0.3) is 0 Å². The first-order valence-electron chi connectivity index (χ1n) is 11.4. The lowest BCUT2D eigenvalue weighted by molar-refractivity contribution is -0.119. The average molecular weight is 542 g/mol.